The van der Waals surface area contributed by atoms with Gasteiger partial charge in [0.25, 0.3) is 0 Å². The lowest BCUT2D eigenvalue weighted by Crippen LogP contribution is -2.34. The number of alkyl halides is 2. The Balaban J connectivity index is 1.35. The normalized spacial score (nSPS) is 45.8. The van der Waals surface area contributed by atoms with Gasteiger partial charge in [0, 0.05) is 4.83 Å². The van der Waals surface area contributed by atoms with Crippen molar-refractivity contribution in [3.8, 4) is 0 Å². The van der Waals surface area contributed by atoms with E-state index in [1.807, 2.05) is 0 Å². The summed E-state index contributed by atoms with van der Waals surface area (Å²) in [5.41, 5.74) is 0. The molecule has 0 bridgehead atoms. The fourth-order valence-electron chi connectivity index (χ4n) is 5.62. The Hall–Kier alpha value is 0.410. The van der Waals surface area contributed by atoms with Crippen LogP contribution in [0.25, 0.3) is 0 Å². The van der Waals surface area contributed by atoms with Gasteiger partial charge in [0.2, 0.25) is 0 Å². The molecule has 134 valence electrons. The average molecular weight is 387 g/mol. The molecule has 0 radical (unpaired) electrons. The van der Waals surface area contributed by atoms with E-state index in [9.17, 15) is 4.39 Å². The van der Waals surface area contributed by atoms with Crippen LogP contribution in [0.1, 0.15) is 90.4 Å². The first-order valence-corrected chi connectivity index (χ1v) is 11.3. The van der Waals surface area contributed by atoms with Crippen LogP contribution >= 0.6 is 15.9 Å². The lowest BCUT2D eigenvalue weighted by atomic mass is 9.69. The van der Waals surface area contributed by atoms with Crippen molar-refractivity contribution in [1.82, 2.24) is 0 Å². The Morgan fingerprint density at radius 2 is 1.35 bits per heavy atom. The molecule has 0 aromatic heterocycles. The van der Waals surface area contributed by atoms with Crippen LogP contribution in [-0.4, -0.2) is 11.0 Å². The standard InChI is InChI=1S/C21H36BrF/c1-15-2-4-16(5-3-15)6-7-17-8-10-18(11-9-17)20-13-12-19(22)14-21(20)23/h15-21H,2-14H2,1H3. The van der Waals surface area contributed by atoms with Crippen LogP contribution in [0.15, 0.2) is 0 Å². The summed E-state index contributed by atoms with van der Waals surface area (Å²) in [6.07, 6.45) is 16.7. The molecule has 23 heavy (non-hydrogen) atoms. The second-order valence-electron chi connectivity index (χ2n) is 9.07. The molecule has 3 unspecified atom stereocenters. The van der Waals surface area contributed by atoms with Crippen LogP contribution in [-0.2, 0) is 0 Å². The summed E-state index contributed by atoms with van der Waals surface area (Å²) in [5, 5.41) is 0. The number of hydrogen-bond donors (Lipinski definition) is 0. The van der Waals surface area contributed by atoms with Crippen molar-refractivity contribution in [3.05, 3.63) is 0 Å². The van der Waals surface area contributed by atoms with Gasteiger partial charge in [-0.15, -0.1) is 0 Å². The molecular formula is C21H36BrF. The fourth-order valence-corrected chi connectivity index (χ4v) is 6.24. The predicted octanol–water partition coefficient (Wildman–Crippen LogP) is 7.30. The molecule has 3 atom stereocenters. The van der Waals surface area contributed by atoms with Gasteiger partial charge in [0.1, 0.15) is 6.17 Å². The van der Waals surface area contributed by atoms with Crippen molar-refractivity contribution >= 4 is 15.9 Å². The van der Waals surface area contributed by atoms with Crippen molar-refractivity contribution in [1.29, 1.82) is 0 Å². The third-order valence-electron chi connectivity index (χ3n) is 7.37. The summed E-state index contributed by atoms with van der Waals surface area (Å²) >= 11 is 3.61. The van der Waals surface area contributed by atoms with Gasteiger partial charge < -0.3 is 0 Å². The van der Waals surface area contributed by atoms with Gasteiger partial charge in [-0.3, -0.25) is 0 Å². The van der Waals surface area contributed by atoms with E-state index in [1.165, 1.54) is 70.6 Å². The van der Waals surface area contributed by atoms with E-state index < -0.39 is 6.17 Å². The van der Waals surface area contributed by atoms with Crippen LogP contribution in [0, 0.1) is 29.6 Å². The molecule has 3 saturated carbocycles. The minimum Gasteiger partial charge on any atom is -0.247 e. The molecule has 3 fully saturated rings. The van der Waals surface area contributed by atoms with E-state index in [0.29, 0.717) is 16.7 Å². The second kappa shape index (κ2) is 8.68. The second-order valence-corrected chi connectivity index (χ2v) is 10.4. The topological polar surface area (TPSA) is 0 Å². The van der Waals surface area contributed by atoms with Crippen LogP contribution in [0.2, 0.25) is 0 Å². The van der Waals surface area contributed by atoms with Crippen molar-refractivity contribution in [3.63, 3.8) is 0 Å². The van der Waals surface area contributed by atoms with Gasteiger partial charge in [-0.2, -0.15) is 0 Å². The first kappa shape index (κ1) is 18.2. The molecule has 0 nitrogen and oxygen atoms in total. The summed E-state index contributed by atoms with van der Waals surface area (Å²) in [4.78, 5) is 0.434. The molecule has 3 rings (SSSR count). The highest BCUT2D eigenvalue weighted by Crippen LogP contribution is 2.44. The smallest absolute Gasteiger partial charge is 0.104 e. The molecule has 0 saturated heterocycles. The van der Waals surface area contributed by atoms with Gasteiger partial charge >= 0.3 is 0 Å². The molecule has 0 spiro atoms. The number of hydrogen-bond acceptors (Lipinski definition) is 0. The lowest BCUT2D eigenvalue weighted by molar-refractivity contribution is 0.0821. The highest BCUT2D eigenvalue weighted by atomic mass is 79.9. The molecule has 0 aliphatic heterocycles. The van der Waals surface area contributed by atoms with Crippen molar-refractivity contribution in [2.75, 3.05) is 0 Å². The van der Waals surface area contributed by atoms with Crippen molar-refractivity contribution < 1.29 is 4.39 Å². The lowest BCUT2D eigenvalue weighted by Gasteiger charge is -2.39. The maximum atomic E-state index is 14.4. The maximum Gasteiger partial charge on any atom is 0.104 e. The molecule has 0 aromatic carbocycles. The van der Waals surface area contributed by atoms with Gasteiger partial charge in [-0.05, 0) is 61.7 Å². The van der Waals surface area contributed by atoms with Crippen LogP contribution < -0.4 is 0 Å². The van der Waals surface area contributed by atoms with Crippen LogP contribution in [0.5, 0.6) is 0 Å². The SMILES string of the molecule is CC1CCC(CCC2CCC(C3CCC(Br)CC3F)CC2)CC1. The Kier molecular flexibility index (Phi) is 6.87. The Morgan fingerprint density at radius 1 is 0.783 bits per heavy atom. The van der Waals surface area contributed by atoms with E-state index >= 15 is 0 Å². The van der Waals surface area contributed by atoms with Crippen molar-refractivity contribution in [2.45, 2.75) is 101 Å². The summed E-state index contributed by atoms with van der Waals surface area (Å²) in [6, 6.07) is 0. The first-order valence-electron chi connectivity index (χ1n) is 10.4. The molecule has 0 heterocycles. The van der Waals surface area contributed by atoms with Crippen molar-refractivity contribution in [2.24, 2.45) is 29.6 Å². The molecule has 0 amide bonds. The Morgan fingerprint density at radius 3 is 1.91 bits per heavy atom. The highest BCUT2D eigenvalue weighted by Gasteiger charge is 2.36. The Labute approximate surface area is 151 Å². The molecule has 3 aliphatic carbocycles. The van der Waals surface area contributed by atoms with Gasteiger partial charge in [-0.1, -0.05) is 74.2 Å². The summed E-state index contributed by atoms with van der Waals surface area (Å²) in [6.45, 7) is 2.42. The van der Waals surface area contributed by atoms with E-state index in [-0.39, 0.29) is 0 Å². The van der Waals surface area contributed by atoms with Crippen LogP contribution in [0.4, 0.5) is 4.39 Å². The zero-order valence-electron chi connectivity index (χ0n) is 15.0. The molecular weight excluding hydrogens is 351 g/mol. The minimum absolute atomic E-state index is 0.379. The molecule has 3 aliphatic rings. The van der Waals surface area contributed by atoms with Gasteiger partial charge in [-0.25, -0.2) is 4.39 Å². The zero-order chi connectivity index (χ0) is 16.2. The summed E-state index contributed by atoms with van der Waals surface area (Å²) < 4.78 is 14.4. The van der Waals surface area contributed by atoms with E-state index in [2.05, 4.69) is 22.9 Å². The molecule has 0 aromatic rings. The highest BCUT2D eigenvalue weighted by molar-refractivity contribution is 9.09. The third-order valence-corrected chi connectivity index (χ3v) is 8.21. The summed E-state index contributed by atoms with van der Waals surface area (Å²) in [7, 11) is 0. The number of rotatable bonds is 4. The predicted molar refractivity (Wildman–Crippen MR) is 101 cm³/mol. The van der Waals surface area contributed by atoms with Gasteiger partial charge in [0.15, 0.2) is 0 Å². The first-order chi connectivity index (χ1) is 11.1. The Bertz CT molecular complexity index is 342. The molecule has 2 heteroatoms. The van der Waals surface area contributed by atoms with E-state index in [1.54, 1.807) is 0 Å². The summed E-state index contributed by atoms with van der Waals surface area (Å²) in [5.74, 6) is 4.02. The fraction of sp³-hybridized carbons (Fsp3) is 1.00. The molecule has 0 N–H and O–H groups in total. The maximum absolute atomic E-state index is 14.4. The zero-order valence-corrected chi connectivity index (χ0v) is 16.6. The monoisotopic (exact) mass is 386 g/mol. The minimum atomic E-state index is -0.543. The third kappa shape index (κ3) is 5.19. The van der Waals surface area contributed by atoms with Gasteiger partial charge in [0.05, 0.1) is 0 Å². The average Bonchev–Trinajstić information content (AvgIpc) is 2.55. The number of halogens is 2. The largest absolute Gasteiger partial charge is 0.247 e. The van der Waals surface area contributed by atoms with E-state index in [0.717, 1.165) is 30.6 Å². The quantitative estimate of drug-likeness (QED) is 0.444. The van der Waals surface area contributed by atoms with E-state index in [4.69, 9.17) is 0 Å². The van der Waals surface area contributed by atoms with Crippen LogP contribution in [0.3, 0.4) is 0 Å².